The first-order chi connectivity index (χ1) is 9.95. The molecule has 0 aliphatic heterocycles. The average Bonchev–Trinajstić information content (AvgIpc) is 2.87. The highest BCUT2D eigenvalue weighted by molar-refractivity contribution is 9.10. The third kappa shape index (κ3) is 4.02. The first-order valence-corrected chi connectivity index (χ1v) is 9.26. The smallest absolute Gasteiger partial charge is 0.244 e. The molecule has 1 aliphatic rings. The Bertz CT molecular complexity index is 490. The van der Waals surface area contributed by atoms with Crippen LogP contribution in [0, 0.1) is 0 Å². The highest BCUT2D eigenvalue weighted by Crippen LogP contribution is 2.30. The van der Waals surface area contributed by atoms with Crippen LogP contribution in [0.15, 0.2) is 28.7 Å². The molecule has 5 heteroatoms. The van der Waals surface area contributed by atoms with E-state index in [1.807, 2.05) is 36.0 Å². The predicted octanol–water partition coefficient (Wildman–Crippen LogP) is 3.41. The molecule has 3 nitrogen and oxygen atoms in total. The zero-order chi connectivity index (χ0) is 15.5. The van der Waals surface area contributed by atoms with Crippen LogP contribution in [0.1, 0.15) is 38.7 Å². The molecule has 0 radical (unpaired) electrons. The summed E-state index contributed by atoms with van der Waals surface area (Å²) < 4.78 is 0.984. The summed E-state index contributed by atoms with van der Waals surface area (Å²) in [5.74, 6) is 1.00. The van der Waals surface area contributed by atoms with E-state index < -0.39 is 5.54 Å². The van der Waals surface area contributed by atoms with Crippen molar-refractivity contribution in [3.8, 4) is 0 Å². The molecule has 1 amide bonds. The second kappa shape index (κ2) is 7.16. The van der Waals surface area contributed by atoms with Crippen molar-refractivity contribution in [2.75, 3.05) is 5.75 Å². The monoisotopic (exact) mass is 370 g/mol. The van der Waals surface area contributed by atoms with Gasteiger partial charge in [-0.1, -0.05) is 41.4 Å². The van der Waals surface area contributed by atoms with Gasteiger partial charge in [0.25, 0.3) is 0 Å². The van der Waals surface area contributed by atoms with E-state index in [2.05, 4.69) is 28.2 Å². The van der Waals surface area contributed by atoms with E-state index in [1.54, 1.807) is 6.92 Å². The quantitative estimate of drug-likeness (QED) is 0.834. The molecule has 0 bridgehead atoms. The van der Waals surface area contributed by atoms with Gasteiger partial charge in [0.15, 0.2) is 0 Å². The van der Waals surface area contributed by atoms with Gasteiger partial charge in [-0.2, -0.15) is 11.8 Å². The number of thioether (sulfide) groups is 1. The normalized spacial score (nSPS) is 24.6. The molecule has 1 aliphatic carbocycles. The number of hydrogen-bond acceptors (Lipinski definition) is 3. The molecule has 21 heavy (non-hydrogen) atoms. The van der Waals surface area contributed by atoms with Crippen LogP contribution in [0.25, 0.3) is 0 Å². The third-order valence-electron chi connectivity index (χ3n) is 4.07. The number of nitrogens with one attached hydrogen (secondary N) is 1. The largest absolute Gasteiger partial charge is 0.350 e. The fourth-order valence-corrected chi connectivity index (χ4v) is 4.21. The molecular weight excluding hydrogens is 348 g/mol. The number of benzene rings is 1. The minimum atomic E-state index is -0.995. The molecule has 0 heterocycles. The zero-order valence-corrected chi connectivity index (χ0v) is 15.0. The molecule has 1 aromatic carbocycles. The van der Waals surface area contributed by atoms with Crippen molar-refractivity contribution in [1.29, 1.82) is 0 Å². The standard InChI is InChI=1S/C16H23BrN2OS/c1-3-21-14-6-4-5-13(14)19-15(20)16(2,18)11-7-9-12(17)10-8-11/h7-10,13-14H,3-6,18H2,1-2H3,(H,19,20). The summed E-state index contributed by atoms with van der Waals surface area (Å²) in [5, 5.41) is 3.70. The number of hydrogen-bond donors (Lipinski definition) is 2. The first kappa shape index (κ1) is 16.8. The lowest BCUT2D eigenvalue weighted by molar-refractivity contribution is -0.126. The molecule has 0 spiro atoms. The second-order valence-corrected chi connectivity index (χ2v) is 8.15. The van der Waals surface area contributed by atoms with Gasteiger partial charge in [-0.3, -0.25) is 4.79 Å². The Balaban J connectivity index is 2.06. The molecule has 1 aromatic rings. The van der Waals surface area contributed by atoms with Crippen LogP contribution >= 0.6 is 27.7 Å². The summed E-state index contributed by atoms with van der Waals surface area (Å²) in [6.45, 7) is 3.94. The molecule has 0 aromatic heterocycles. The van der Waals surface area contributed by atoms with Gasteiger partial charge >= 0.3 is 0 Å². The Morgan fingerprint density at radius 2 is 2.10 bits per heavy atom. The molecule has 2 rings (SSSR count). The van der Waals surface area contributed by atoms with E-state index >= 15 is 0 Å². The van der Waals surface area contributed by atoms with E-state index in [4.69, 9.17) is 5.73 Å². The van der Waals surface area contributed by atoms with Gasteiger partial charge in [-0.25, -0.2) is 0 Å². The van der Waals surface area contributed by atoms with Crippen molar-refractivity contribution < 1.29 is 4.79 Å². The van der Waals surface area contributed by atoms with Crippen LogP contribution < -0.4 is 11.1 Å². The molecular formula is C16H23BrN2OS. The maximum absolute atomic E-state index is 12.6. The summed E-state index contributed by atoms with van der Waals surface area (Å²) in [4.78, 5) is 12.6. The minimum absolute atomic E-state index is 0.0848. The Morgan fingerprint density at radius 3 is 2.71 bits per heavy atom. The summed E-state index contributed by atoms with van der Waals surface area (Å²) in [6.07, 6.45) is 3.42. The molecule has 3 atom stereocenters. The van der Waals surface area contributed by atoms with Crippen molar-refractivity contribution >= 4 is 33.6 Å². The maximum atomic E-state index is 12.6. The third-order valence-corrected chi connectivity index (χ3v) is 5.92. The van der Waals surface area contributed by atoms with Gasteiger partial charge in [-0.15, -0.1) is 0 Å². The molecule has 3 N–H and O–H groups in total. The first-order valence-electron chi connectivity index (χ1n) is 7.42. The van der Waals surface area contributed by atoms with Crippen LogP contribution in [-0.4, -0.2) is 23.0 Å². The molecule has 0 saturated heterocycles. The molecule has 1 saturated carbocycles. The Morgan fingerprint density at radius 1 is 1.43 bits per heavy atom. The van der Waals surface area contributed by atoms with Crippen LogP contribution in [0.2, 0.25) is 0 Å². The van der Waals surface area contributed by atoms with Gasteiger partial charge in [-0.05, 0) is 43.2 Å². The molecule has 1 fully saturated rings. The topological polar surface area (TPSA) is 55.1 Å². The fraction of sp³-hybridized carbons (Fsp3) is 0.562. The van der Waals surface area contributed by atoms with Crippen molar-refractivity contribution in [2.24, 2.45) is 5.73 Å². The van der Waals surface area contributed by atoms with E-state index in [1.165, 1.54) is 12.8 Å². The van der Waals surface area contributed by atoms with Crippen molar-refractivity contribution in [1.82, 2.24) is 5.32 Å². The summed E-state index contributed by atoms with van der Waals surface area (Å²) >= 11 is 5.34. The highest BCUT2D eigenvalue weighted by Gasteiger charge is 2.35. The van der Waals surface area contributed by atoms with Gasteiger partial charge < -0.3 is 11.1 Å². The average molecular weight is 371 g/mol. The summed E-state index contributed by atoms with van der Waals surface area (Å²) in [7, 11) is 0. The fourth-order valence-electron chi connectivity index (χ4n) is 2.75. The van der Waals surface area contributed by atoms with Gasteiger partial charge in [0.1, 0.15) is 5.54 Å². The van der Waals surface area contributed by atoms with Gasteiger partial charge in [0, 0.05) is 15.8 Å². The second-order valence-electron chi connectivity index (χ2n) is 5.71. The van der Waals surface area contributed by atoms with Gasteiger partial charge in [0.05, 0.1) is 0 Å². The Kier molecular flexibility index (Phi) is 5.74. The number of amides is 1. The van der Waals surface area contributed by atoms with E-state index in [0.29, 0.717) is 5.25 Å². The lowest BCUT2D eigenvalue weighted by Crippen LogP contribution is -2.53. The van der Waals surface area contributed by atoms with Crippen molar-refractivity contribution in [2.45, 2.75) is 49.9 Å². The van der Waals surface area contributed by atoms with Crippen LogP contribution in [0.3, 0.4) is 0 Å². The molecule has 3 unspecified atom stereocenters. The van der Waals surface area contributed by atoms with Crippen LogP contribution in [0.5, 0.6) is 0 Å². The van der Waals surface area contributed by atoms with E-state index in [0.717, 1.165) is 22.2 Å². The lowest BCUT2D eigenvalue weighted by atomic mass is 9.92. The maximum Gasteiger partial charge on any atom is 0.244 e. The molecule has 116 valence electrons. The highest BCUT2D eigenvalue weighted by atomic mass is 79.9. The van der Waals surface area contributed by atoms with E-state index in [9.17, 15) is 4.79 Å². The summed E-state index contributed by atoms with van der Waals surface area (Å²) in [6, 6.07) is 7.88. The van der Waals surface area contributed by atoms with Crippen LogP contribution in [0.4, 0.5) is 0 Å². The van der Waals surface area contributed by atoms with Gasteiger partial charge in [0.2, 0.25) is 5.91 Å². The predicted molar refractivity (Wildman–Crippen MR) is 93.4 cm³/mol. The lowest BCUT2D eigenvalue weighted by Gasteiger charge is -2.28. The van der Waals surface area contributed by atoms with E-state index in [-0.39, 0.29) is 11.9 Å². The Labute approximate surface area is 139 Å². The zero-order valence-electron chi connectivity index (χ0n) is 12.6. The summed E-state index contributed by atoms with van der Waals surface area (Å²) in [5.41, 5.74) is 6.13. The number of nitrogens with two attached hydrogens (primary N) is 1. The SMILES string of the molecule is CCSC1CCCC1NC(=O)C(C)(N)c1ccc(Br)cc1. The number of carbonyl (C=O) groups excluding carboxylic acids is 1. The Hall–Kier alpha value is -0.520. The minimum Gasteiger partial charge on any atom is -0.350 e. The van der Waals surface area contributed by atoms with Crippen molar-refractivity contribution in [3.63, 3.8) is 0 Å². The van der Waals surface area contributed by atoms with Crippen molar-refractivity contribution in [3.05, 3.63) is 34.3 Å². The number of rotatable bonds is 5. The van der Waals surface area contributed by atoms with Crippen LogP contribution in [-0.2, 0) is 10.3 Å². The number of carbonyl (C=O) groups is 1. The number of halogens is 1.